The second-order valence-corrected chi connectivity index (χ2v) is 6.08. The summed E-state index contributed by atoms with van der Waals surface area (Å²) < 4.78 is 15.1. The molecular weight excluding hydrogens is 339 g/mol. The van der Waals surface area contributed by atoms with Gasteiger partial charge in [0.1, 0.15) is 0 Å². The second kappa shape index (κ2) is 9.93. The molecule has 0 atom stereocenters. The monoisotopic (exact) mass is 362 g/mol. The first kappa shape index (κ1) is 19.9. The Labute approximate surface area is 152 Å². The zero-order valence-corrected chi connectivity index (χ0v) is 14.8. The quantitative estimate of drug-likeness (QED) is 0.248. The molecule has 0 aromatic heterocycles. The number of ether oxygens (including phenoxy) is 2. The van der Waals surface area contributed by atoms with Crippen LogP contribution in [0.15, 0.2) is 24.3 Å². The number of nitrogens with zero attached hydrogens (tertiary/aromatic N) is 1. The third kappa shape index (κ3) is 5.85. The normalized spacial score (nSPS) is 15.2. The number of nitro groups is 1. The lowest BCUT2D eigenvalue weighted by Gasteiger charge is -2.23. The van der Waals surface area contributed by atoms with Crippen LogP contribution < -0.4 is 10.5 Å². The van der Waals surface area contributed by atoms with Crippen molar-refractivity contribution in [3.63, 3.8) is 0 Å². The number of nitrogens with two attached hydrogens (primary N) is 1. The molecule has 8 nitrogen and oxygen atoms in total. The lowest BCUT2D eigenvalue weighted by atomic mass is 9.54. The predicted octanol–water partition coefficient (Wildman–Crippen LogP) is 2.49. The van der Waals surface area contributed by atoms with Crippen LogP contribution in [0.5, 0.6) is 5.75 Å². The van der Waals surface area contributed by atoms with Crippen LogP contribution in [-0.4, -0.2) is 38.3 Å². The summed E-state index contributed by atoms with van der Waals surface area (Å²) in [5.74, 6) is -0.142. The van der Waals surface area contributed by atoms with E-state index in [0.29, 0.717) is 11.5 Å². The molecule has 1 aliphatic heterocycles. The third-order valence-corrected chi connectivity index (χ3v) is 4.36. The minimum atomic E-state index is -0.600. The average molecular weight is 362 g/mol. The van der Waals surface area contributed by atoms with E-state index in [1.54, 1.807) is 6.07 Å². The van der Waals surface area contributed by atoms with Gasteiger partial charge in [0, 0.05) is 6.07 Å². The summed E-state index contributed by atoms with van der Waals surface area (Å²) in [7, 11) is 1.23. The fourth-order valence-electron chi connectivity index (χ4n) is 2.93. The number of rotatable bonds is 8. The number of methoxy groups -OCH3 is 1. The standard InChI is InChI=1S/C17H23BN2O6/c1-24-17(21)11-25-16-5-4-14(10-15(16)20(22)23)3-2-13-6-8-18(9-7-13)26-12-19/h2-5,10,13H,6-9,11-12,19H2,1H3. The van der Waals surface area contributed by atoms with E-state index < -0.39 is 10.9 Å². The van der Waals surface area contributed by atoms with Crippen LogP contribution in [0.25, 0.3) is 6.08 Å². The van der Waals surface area contributed by atoms with Gasteiger partial charge in [-0.3, -0.25) is 10.1 Å². The van der Waals surface area contributed by atoms with Gasteiger partial charge in [-0.2, -0.15) is 0 Å². The molecule has 0 saturated carbocycles. The van der Waals surface area contributed by atoms with Crippen molar-refractivity contribution in [2.75, 3.05) is 20.4 Å². The molecule has 0 spiro atoms. The van der Waals surface area contributed by atoms with Crippen molar-refractivity contribution in [1.29, 1.82) is 0 Å². The molecule has 1 aliphatic rings. The van der Waals surface area contributed by atoms with Crippen LogP contribution in [0.2, 0.25) is 12.6 Å². The van der Waals surface area contributed by atoms with Gasteiger partial charge < -0.3 is 19.9 Å². The molecule has 26 heavy (non-hydrogen) atoms. The Balaban J connectivity index is 2.00. The maximum absolute atomic E-state index is 11.3. The van der Waals surface area contributed by atoms with Crippen molar-refractivity contribution in [2.45, 2.75) is 25.5 Å². The van der Waals surface area contributed by atoms with Crippen molar-refractivity contribution < 1.29 is 23.8 Å². The van der Waals surface area contributed by atoms with Crippen LogP contribution in [-0.2, 0) is 14.2 Å². The zero-order chi connectivity index (χ0) is 18.9. The van der Waals surface area contributed by atoms with Gasteiger partial charge in [-0.25, -0.2) is 4.79 Å². The summed E-state index contributed by atoms with van der Waals surface area (Å²) in [4.78, 5) is 21.9. The summed E-state index contributed by atoms with van der Waals surface area (Å²) in [6, 6.07) is 4.65. The molecule has 1 aromatic rings. The Bertz CT molecular complexity index is 659. The molecule has 0 unspecified atom stereocenters. The maximum Gasteiger partial charge on any atom is 0.343 e. The first-order valence-electron chi connectivity index (χ1n) is 8.51. The smallest absolute Gasteiger partial charge is 0.343 e. The molecule has 1 aromatic carbocycles. The van der Waals surface area contributed by atoms with Crippen molar-refractivity contribution in [1.82, 2.24) is 0 Å². The predicted molar refractivity (Wildman–Crippen MR) is 97.9 cm³/mol. The van der Waals surface area contributed by atoms with Crippen molar-refractivity contribution in [3.05, 3.63) is 40.0 Å². The summed E-state index contributed by atoms with van der Waals surface area (Å²) >= 11 is 0. The number of hydrogen-bond acceptors (Lipinski definition) is 7. The number of hydrogen-bond donors (Lipinski definition) is 1. The minimum Gasteiger partial charge on any atom is -0.475 e. The Morgan fingerprint density at radius 2 is 2.15 bits per heavy atom. The molecule has 0 bridgehead atoms. The van der Waals surface area contributed by atoms with Crippen LogP contribution in [0.1, 0.15) is 18.4 Å². The van der Waals surface area contributed by atoms with Crippen LogP contribution in [0.4, 0.5) is 5.69 Å². The molecule has 9 heteroatoms. The van der Waals surface area contributed by atoms with Gasteiger partial charge in [0.25, 0.3) is 6.92 Å². The third-order valence-electron chi connectivity index (χ3n) is 4.36. The number of esters is 1. The summed E-state index contributed by atoms with van der Waals surface area (Å²) in [5.41, 5.74) is 5.92. The topological polar surface area (TPSA) is 114 Å². The van der Waals surface area contributed by atoms with Gasteiger partial charge >= 0.3 is 11.7 Å². The van der Waals surface area contributed by atoms with Gasteiger partial charge in [-0.1, -0.05) is 31.1 Å². The highest BCUT2D eigenvalue weighted by Crippen LogP contribution is 2.30. The van der Waals surface area contributed by atoms with Gasteiger partial charge in [-0.05, 0) is 30.2 Å². The molecule has 140 valence electrons. The van der Waals surface area contributed by atoms with E-state index in [0.717, 1.165) is 25.5 Å². The average Bonchev–Trinajstić information content (AvgIpc) is 2.66. The van der Waals surface area contributed by atoms with E-state index in [1.165, 1.54) is 19.2 Å². The highest BCUT2D eigenvalue weighted by atomic mass is 16.6. The highest BCUT2D eigenvalue weighted by molar-refractivity contribution is 6.52. The van der Waals surface area contributed by atoms with Crippen LogP contribution in [0, 0.1) is 16.0 Å². The Morgan fingerprint density at radius 3 is 2.77 bits per heavy atom. The first-order valence-corrected chi connectivity index (χ1v) is 8.51. The first-order chi connectivity index (χ1) is 12.5. The van der Waals surface area contributed by atoms with E-state index in [2.05, 4.69) is 10.8 Å². The molecule has 0 amide bonds. The Hall–Kier alpha value is -2.39. The molecule has 2 N–H and O–H groups in total. The van der Waals surface area contributed by atoms with Gasteiger partial charge in [-0.15, -0.1) is 0 Å². The van der Waals surface area contributed by atoms with Crippen molar-refractivity contribution in [2.24, 2.45) is 11.7 Å². The van der Waals surface area contributed by atoms with Crippen molar-refractivity contribution >= 4 is 24.6 Å². The summed E-state index contributed by atoms with van der Waals surface area (Å²) in [6.07, 6.45) is 7.89. The van der Waals surface area contributed by atoms with Gasteiger partial charge in [0.2, 0.25) is 0 Å². The number of carbonyl (C=O) groups excluding carboxylic acids is 1. The fraction of sp³-hybridized carbons (Fsp3) is 0.471. The van der Waals surface area contributed by atoms with Crippen molar-refractivity contribution in [3.8, 4) is 5.75 Å². The van der Waals surface area contributed by atoms with E-state index in [4.69, 9.17) is 15.1 Å². The Kier molecular flexibility index (Phi) is 7.62. The second-order valence-electron chi connectivity index (χ2n) is 6.08. The number of nitro benzene ring substituents is 1. The van der Waals surface area contributed by atoms with Crippen LogP contribution >= 0.6 is 0 Å². The number of allylic oxidation sites excluding steroid dienone is 1. The fourth-order valence-corrected chi connectivity index (χ4v) is 2.93. The molecule has 1 heterocycles. The molecular formula is C17H23BN2O6. The minimum absolute atomic E-state index is 0.0389. The number of benzene rings is 1. The molecule has 0 aliphatic carbocycles. The van der Waals surface area contributed by atoms with Crippen LogP contribution in [0.3, 0.4) is 0 Å². The molecule has 2 rings (SSSR count). The maximum atomic E-state index is 11.3. The van der Waals surface area contributed by atoms with E-state index in [-0.39, 0.29) is 31.7 Å². The van der Waals surface area contributed by atoms with Gasteiger partial charge in [0.15, 0.2) is 12.4 Å². The Morgan fingerprint density at radius 1 is 1.42 bits per heavy atom. The number of carbonyl (C=O) groups is 1. The highest BCUT2D eigenvalue weighted by Gasteiger charge is 2.23. The molecule has 1 saturated heterocycles. The summed E-state index contributed by atoms with van der Waals surface area (Å²) in [5, 5.41) is 11.3. The van der Waals surface area contributed by atoms with E-state index >= 15 is 0 Å². The van der Waals surface area contributed by atoms with Gasteiger partial charge in [0.05, 0.1) is 18.8 Å². The SMILES string of the molecule is COC(=O)COc1ccc(C=CC2CCB(OCN)CC2)cc1[N+](=O)[O-]. The van der Waals surface area contributed by atoms with E-state index in [9.17, 15) is 14.9 Å². The molecule has 1 fully saturated rings. The van der Waals surface area contributed by atoms with E-state index in [1.807, 2.05) is 6.08 Å². The molecule has 0 radical (unpaired) electrons. The lowest BCUT2D eigenvalue weighted by molar-refractivity contribution is -0.385. The summed E-state index contributed by atoms with van der Waals surface area (Å²) in [6.45, 7) is 0.108. The lowest BCUT2D eigenvalue weighted by Crippen LogP contribution is -2.26. The zero-order valence-electron chi connectivity index (χ0n) is 14.8. The largest absolute Gasteiger partial charge is 0.475 e.